The number of benzene rings is 2. The maximum Gasteiger partial charge on any atom is 0.319 e. The average molecular weight is 546 g/mol. The number of allylic oxidation sites excluding steroid dienone is 2. The molecule has 0 saturated heterocycles. The van der Waals surface area contributed by atoms with Crippen molar-refractivity contribution in [2.45, 2.75) is 88.3 Å². The maximum atomic E-state index is 13.6. The highest BCUT2D eigenvalue weighted by molar-refractivity contribution is 8.01. The molecule has 1 aliphatic carbocycles. The zero-order valence-electron chi connectivity index (χ0n) is 23.5. The first-order chi connectivity index (χ1) is 18.6. The van der Waals surface area contributed by atoms with Crippen LogP contribution in [-0.4, -0.2) is 31.3 Å². The van der Waals surface area contributed by atoms with E-state index >= 15 is 0 Å². The predicted molar refractivity (Wildman–Crippen MR) is 160 cm³/mol. The van der Waals surface area contributed by atoms with Crippen LogP contribution >= 0.6 is 11.8 Å². The molecular formula is C32H39N3O3S. The number of hydrogen-bond donors (Lipinski definition) is 2. The van der Waals surface area contributed by atoms with E-state index in [9.17, 15) is 14.7 Å². The largest absolute Gasteiger partial charge is 0.480 e. The Hall–Kier alpha value is -3.32. The van der Waals surface area contributed by atoms with E-state index in [0.717, 1.165) is 65.3 Å². The van der Waals surface area contributed by atoms with Crippen LogP contribution in [-0.2, 0) is 11.3 Å². The molecule has 4 rings (SSSR count). The summed E-state index contributed by atoms with van der Waals surface area (Å²) in [6, 6.07) is 14.0. The Balaban J connectivity index is 1.64. The normalized spacial score (nSPS) is 14.9. The second kappa shape index (κ2) is 12.2. The third-order valence-corrected chi connectivity index (χ3v) is 8.35. The van der Waals surface area contributed by atoms with Gasteiger partial charge in [0.05, 0.1) is 0 Å². The van der Waals surface area contributed by atoms with Crippen molar-refractivity contribution in [1.82, 2.24) is 9.55 Å². The van der Waals surface area contributed by atoms with E-state index in [2.05, 4.69) is 61.0 Å². The van der Waals surface area contributed by atoms with E-state index in [4.69, 9.17) is 4.98 Å². The molecule has 0 saturated carbocycles. The van der Waals surface area contributed by atoms with E-state index in [1.165, 1.54) is 11.8 Å². The first-order valence-corrected chi connectivity index (χ1v) is 14.6. The fraction of sp³-hybridized carbons (Fsp3) is 0.406. The molecule has 3 aromatic rings. The van der Waals surface area contributed by atoms with Crippen LogP contribution in [0.1, 0.15) is 93.8 Å². The highest BCUT2D eigenvalue weighted by Gasteiger charge is 2.28. The highest BCUT2D eigenvalue weighted by Crippen LogP contribution is 2.38. The van der Waals surface area contributed by atoms with Crippen molar-refractivity contribution in [3.63, 3.8) is 0 Å². The monoisotopic (exact) mass is 545 g/mol. The molecule has 0 spiro atoms. The number of carbonyl (C=O) groups is 2. The number of carboxylic acid groups (broad SMARTS) is 1. The van der Waals surface area contributed by atoms with Crippen LogP contribution in [0.3, 0.4) is 0 Å². The van der Waals surface area contributed by atoms with Gasteiger partial charge >= 0.3 is 5.97 Å². The first kappa shape index (κ1) is 28.7. The number of thioether (sulfide) groups is 1. The number of para-hydroxylation sites is 1. The van der Waals surface area contributed by atoms with E-state index in [1.54, 1.807) is 13.8 Å². The summed E-state index contributed by atoms with van der Waals surface area (Å²) < 4.78 is 1.14. The van der Waals surface area contributed by atoms with E-state index in [1.807, 2.05) is 30.5 Å². The van der Waals surface area contributed by atoms with Crippen LogP contribution in [0.2, 0.25) is 0 Å². The first-order valence-electron chi connectivity index (χ1n) is 13.8. The zero-order chi connectivity index (χ0) is 28.2. The Labute approximate surface area is 235 Å². The van der Waals surface area contributed by atoms with Gasteiger partial charge in [-0.1, -0.05) is 76.1 Å². The summed E-state index contributed by atoms with van der Waals surface area (Å²) in [4.78, 5) is 30.8. The van der Waals surface area contributed by atoms with Crippen molar-refractivity contribution in [3.05, 3.63) is 77.6 Å². The molecule has 2 aromatic carbocycles. The molecule has 1 unspecified atom stereocenters. The van der Waals surface area contributed by atoms with Gasteiger partial charge in [0.15, 0.2) is 0 Å². The third kappa shape index (κ3) is 6.64. The van der Waals surface area contributed by atoms with Gasteiger partial charge in [-0.25, -0.2) is 4.98 Å². The molecule has 0 aliphatic heterocycles. The minimum Gasteiger partial charge on any atom is -0.480 e. The number of amides is 1. The molecule has 0 radical (unpaired) electrons. The van der Waals surface area contributed by atoms with Crippen LogP contribution in [0.15, 0.2) is 65.7 Å². The molecule has 1 heterocycles. The van der Waals surface area contributed by atoms with Gasteiger partial charge in [0, 0.05) is 34.8 Å². The number of rotatable bonds is 12. The second-order valence-corrected chi connectivity index (χ2v) is 12.7. The van der Waals surface area contributed by atoms with Gasteiger partial charge in [-0.15, -0.1) is 11.8 Å². The minimum absolute atomic E-state index is 0.210. The van der Waals surface area contributed by atoms with Crippen molar-refractivity contribution in [2.24, 2.45) is 0 Å². The smallest absolute Gasteiger partial charge is 0.319 e. The van der Waals surface area contributed by atoms with Gasteiger partial charge in [-0.05, 0) is 55.9 Å². The molecule has 1 aromatic heterocycles. The predicted octanol–water partition coefficient (Wildman–Crippen LogP) is 8.11. The summed E-state index contributed by atoms with van der Waals surface area (Å²) >= 11 is 1.31. The molecule has 206 valence electrons. The van der Waals surface area contributed by atoms with Gasteiger partial charge in [0.25, 0.3) is 5.91 Å². The number of aryl methyl sites for hydroxylation is 1. The summed E-state index contributed by atoms with van der Waals surface area (Å²) in [5.74, 6) is 0.273. The number of aromatic nitrogens is 2. The lowest BCUT2D eigenvalue weighted by molar-refractivity contribution is -0.138. The Morgan fingerprint density at radius 1 is 1.15 bits per heavy atom. The topological polar surface area (TPSA) is 84.2 Å². The minimum atomic E-state index is -0.925. The summed E-state index contributed by atoms with van der Waals surface area (Å²) in [6.45, 7) is 10.6. The number of unbranched alkanes of at least 4 members (excludes halogenated alkanes) is 2. The lowest BCUT2D eigenvalue weighted by Gasteiger charge is -2.24. The lowest BCUT2D eigenvalue weighted by atomic mass is 9.84. The van der Waals surface area contributed by atoms with Gasteiger partial charge in [-0.3, -0.25) is 9.59 Å². The van der Waals surface area contributed by atoms with Crippen molar-refractivity contribution < 1.29 is 14.7 Å². The molecule has 7 heteroatoms. The number of nitrogens with one attached hydrogen (secondary N) is 1. The number of imidazole rings is 1. The van der Waals surface area contributed by atoms with Gasteiger partial charge in [0.2, 0.25) is 0 Å². The van der Waals surface area contributed by atoms with Gasteiger partial charge in [0.1, 0.15) is 16.3 Å². The fourth-order valence-electron chi connectivity index (χ4n) is 4.67. The van der Waals surface area contributed by atoms with E-state index in [0.29, 0.717) is 11.6 Å². The number of anilines is 1. The fourth-order valence-corrected chi connectivity index (χ4v) is 5.62. The van der Waals surface area contributed by atoms with Crippen molar-refractivity contribution in [2.75, 3.05) is 5.32 Å². The van der Waals surface area contributed by atoms with Crippen LogP contribution in [0.5, 0.6) is 0 Å². The standard InChI is InChI=1S/C32H39N3O3S/c1-6-7-8-19-35-20-27(33-29(35)23-15-17-24(18-16-23)39-32(4,5)31(37)38)30(36)34-28-25(21(2)3)13-10-14-26(28)22-11-9-12-22/h9-11,13-18,20-22H,6-8,12,19H2,1-5H3,(H,34,36)(H,37,38). The number of carbonyl (C=O) groups excluding carboxylic acids is 1. The molecule has 39 heavy (non-hydrogen) atoms. The third-order valence-electron chi connectivity index (χ3n) is 7.16. The Bertz CT molecular complexity index is 1360. The molecule has 0 bridgehead atoms. The highest BCUT2D eigenvalue weighted by atomic mass is 32.2. The molecule has 6 nitrogen and oxygen atoms in total. The van der Waals surface area contributed by atoms with Gasteiger partial charge in [-0.2, -0.15) is 0 Å². The molecule has 1 amide bonds. The van der Waals surface area contributed by atoms with Crippen molar-refractivity contribution in [1.29, 1.82) is 0 Å². The Morgan fingerprint density at radius 2 is 1.87 bits per heavy atom. The summed E-state index contributed by atoms with van der Waals surface area (Å²) in [7, 11) is 0. The number of hydrogen-bond acceptors (Lipinski definition) is 4. The summed E-state index contributed by atoms with van der Waals surface area (Å²) in [5, 5.41) is 12.7. The SMILES string of the molecule is CCCCCn1cc(C(=O)Nc2c(C(C)C)cccc2C2C=CC2)nc1-c1ccc(SC(C)(C)C(=O)O)cc1. The van der Waals surface area contributed by atoms with Gasteiger partial charge < -0.3 is 15.0 Å². The molecular weight excluding hydrogens is 506 g/mol. The summed E-state index contributed by atoms with van der Waals surface area (Å²) in [5.41, 5.74) is 4.46. The quantitative estimate of drug-likeness (QED) is 0.136. The van der Waals surface area contributed by atoms with Crippen LogP contribution in [0.4, 0.5) is 5.69 Å². The van der Waals surface area contributed by atoms with Crippen LogP contribution < -0.4 is 5.32 Å². The number of nitrogens with zero attached hydrogens (tertiary/aromatic N) is 2. The maximum absolute atomic E-state index is 13.6. The van der Waals surface area contributed by atoms with Crippen LogP contribution in [0, 0.1) is 0 Å². The average Bonchev–Trinajstić information content (AvgIpc) is 3.28. The molecule has 1 aliphatic rings. The zero-order valence-corrected chi connectivity index (χ0v) is 24.3. The van der Waals surface area contributed by atoms with Crippen molar-refractivity contribution >= 4 is 29.3 Å². The molecule has 2 N–H and O–H groups in total. The summed E-state index contributed by atoms with van der Waals surface area (Å²) in [6.07, 6.45) is 10.4. The lowest BCUT2D eigenvalue weighted by Crippen LogP contribution is -2.26. The number of aliphatic carboxylic acids is 1. The van der Waals surface area contributed by atoms with Crippen molar-refractivity contribution in [3.8, 4) is 11.4 Å². The van der Waals surface area contributed by atoms with Crippen LogP contribution in [0.25, 0.3) is 11.4 Å². The van der Waals surface area contributed by atoms with E-state index < -0.39 is 10.7 Å². The molecule has 0 fully saturated rings. The molecule has 1 atom stereocenters. The number of carboxylic acids is 1. The second-order valence-electron chi connectivity index (χ2n) is 11.0. The Morgan fingerprint density at radius 3 is 2.46 bits per heavy atom. The Kier molecular flexibility index (Phi) is 9.01. The van der Waals surface area contributed by atoms with E-state index in [-0.39, 0.29) is 11.8 Å².